The van der Waals surface area contributed by atoms with E-state index in [0.717, 1.165) is 31.2 Å². The summed E-state index contributed by atoms with van der Waals surface area (Å²) in [4.78, 5) is 12.2. The van der Waals surface area contributed by atoms with E-state index in [1.165, 1.54) is 12.8 Å². The van der Waals surface area contributed by atoms with Gasteiger partial charge in [0, 0.05) is 17.8 Å². The molecule has 0 aromatic heterocycles. The number of carbonyl (C=O) groups is 1. The van der Waals surface area contributed by atoms with Crippen molar-refractivity contribution in [1.29, 1.82) is 0 Å². The van der Waals surface area contributed by atoms with Crippen LogP contribution >= 0.6 is 11.8 Å². The molecule has 2 aliphatic rings. The summed E-state index contributed by atoms with van der Waals surface area (Å²) in [5.41, 5.74) is 0. The Labute approximate surface area is 108 Å². The molecule has 0 bridgehead atoms. The topological polar surface area (TPSA) is 41.1 Å². The quantitative estimate of drug-likeness (QED) is 0.806. The molecule has 0 aromatic carbocycles. The SMILES string of the molecule is CSC1CCCC(NC(=O)C2CNCC2C)C1. The first-order chi connectivity index (χ1) is 8.20. The van der Waals surface area contributed by atoms with Crippen LogP contribution in [0.4, 0.5) is 0 Å². The summed E-state index contributed by atoms with van der Waals surface area (Å²) in [6.45, 7) is 4.00. The van der Waals surface area contributed by atoms with Gasteiger partial charge in [-0.15, -0.1) is 0 Å². The van der Waals surface area contributed by atoms with Crippen LogP contribution < -0.4 is 10.6 Å². The van der Waals surface area contributed by atoms with Gasteiger partial charge < -0.3 is 10.6 Å². The van der Waals surface area contributed by atoms with Gasteiger partial charge in [-0.3, -0.25) is 4.79 Å². The predicted octanol–water partition coefficient (Wildman–Crippen LogP) is 1.63. The molecular formula is C13H24N2OS. The molecule has 17 heavy (non-hydrogen) atoms. The molecule has 0 aromatic rings. The average Bonchev–Trinajstić information content (AvgIpc) is 2.76. The largest absolute Gasteiger partial charge is 0.353 e. The van der Waals surface area contributed by atoms with E-state index in [0.29, 0.717) is 12.0 Å². The highest BCUT2D eigenvalue weighted by molar-refractivity contribution is 7.99. The summed E-state index contributed by atoms with van der Waals surface area (Å²) in [5.74, 6) is 0.939. The monoisotopic (exact) mass is 256 g/mol. The van der Waals surface area contributed by atoms with Gasteiger partial charge in [-0.1, -0.05) is 13.3 Å². The van der Waals surface area contributed by atoms with Crippen LogP contribution in [0.2, 0.25) is 0 Å². The molecule has 1 heterocycles. The van der Waals surface area contributed by atoms with E-state index in [1.54, 1.807) is 0 Å². The number of hydrogen-bond acceptors (Lipinski definition) is 3. The van der Waals surface area contributed by atoms with Crippen LogP contribution in [0.5, 0.6) is 0 Å². The zero-order valence-corrected chi connectivity index (χ0v) is 11.7. The van der Waals surface area contributed by atoms with E-state index >= 15 is 0 Å². The number of hydrogen-bond donors (Lipinski definition) is 2. The summed E-state index contributed by atoms with van der Waals surface area (Å²) in [7, 11) is 0. The maximum atomic E-state index is 12.2. The lowest BCUT2D eigenvalue weighted by Crippen LogP contribution is -2.43. The summed E-state index contributed by atoms with van der Waals surface area (Å²) >= 11 is 1.95. The van der Waals surface area contributed by atoms with Gasteiger partial charge in [-0.2, -0.15) is 11.8 Å². The van der Waals surface area contributed by atoms with Crippen molar-refractivity contribution in [2.45, 2.75) is 43.9 Å². The molecule has 0 spiro atoms. The van der Waals surface area contributed by atoms with Crippen molar-refractivity contribution in [3.63, 3.8) is 0 Å². The zero-order valence-electron chi connectivity index (χ0n) is 10.9. The highest BCUT2D eigenvalue weighted by Crippen LogP contribution is 2.27. The Kier molecular flexibility index (Phi) is 4.74. The van der Waals surface area contributed by atoms with Crippen molar-refractivity contribution >= 4 is 17.7 Å². The van der Waals surface area contributed by atoms with Gasteiger partial charge in [0.1, 0.15) is 0 Å². The predicted molar refractivity (Wildman–Crippen MR) is 73.2 cm³/mol. The third-order valence-corrected chi connectivity index (χ3v) is 5.25. The lowest BCUT2D eigenvalue weighted by molar-refractivity contribution is -0.126. The van der Waals surface area contributed by atoms with Crippen LogP contribution in [0.25, 0.3) is 0 Å². The van der Waals surface area contributed by atoms with Crippen LogP contribution in [-0.2, 0) is 4.79 Å². The Balaban J connectivity index is 1.81. The van der Waals surface area contributed by atoms with E-state index in [-0.39, 0.29) is 11.8 Å². The van der Waals surface area contributed by atoms with Crippen LogP contribution in [0.1, 0.15) is 32.6 Å². The Morgan fingerprint density at radius 3 is 2.82 bits per heavy atom. The molecule has 98 valence electrons. The lowest BCUT2D eigenvalue weighted by atomic mass is 9.92. The third-order valence-electron chi connectivity index (χ3n) is 4.16. The average molecular weight is 256 g/mol. The van der Waals surface area contributed by atoms with Crippen molar-refractivity contribution in [1.82, 2.24) is 10.6 Å². The summed E-state index contributed by atoms with van der Waals surface area (Å²) in [6.07, 6.45) is 7.07. The Hall–Kier alpha value is -0.220. The maximum absolute atomic E-state index is 12.2. The molecule has 2 fully saturated rings. The van der Waals surface area contributed by atoms with E-state index in [9.17, 15) is 4.79 Å². The lowest BCUT2D eigenvalue weighted by Gasteiger charge is -2.29. The van der Waals surface area contributed by atoms with E-state index in [4.69, 9.17) is 0 Å². The van der Waals surface area contributed by atoms with Gasteiger partial charge >= 0.3 is 0 Å². The highest BCUT2D eigenvalue weighted by Gasteiger charge is 2.31. The number of carbonyl (C=O) groups excluding carboxylic acids is 1. The first-order valence-corrected chi connectivity index (χ1v) is 8.03. The molecule has 1 amide bonds. The number of nitrogens with one attached hydrogen (secondary N) is 2. The fourth-order valence-electron chi connectivity index (χ4n) is 2.96. The molecule has 0 radical (unpaired) electrons. The molecule has 2 N–H and O–H groups in total. The van der Waals surface area contributed by atoms with Gasteiger partial charge in [0.2, 0.25) is 5.91 Å². The molecule has 1 saturated carbocycles. The van der Waals surface area contributed by atoms with Crippen LogP contribution in [0, 0.1) is 11.8 Å². The summed E-state index contributed by atoms with van der Waals surface area (Å²) in [5, 5.41) is 7.30. The fourth-order valence-corrected chi connectivity index (χ4v) is 3.79. The molecule has 3 nitrogen and oxygen atoms in total. The standard InChI is InChI=1S/C13H24N2OS/c1-9-7-14-8-12(9)13(16)15-10-4-3-5-11(6-10)17-2/h9-12,14H,3-8H2,1-2H3,(H,15,16). The summed E-state index contributed by atoms with van der Waals surface area (Å²) in [6, 6.07) is 0.418. The van der Waals surface area contributed by atoms with Crippen molar-refractivity contribution < 1.29 is 4.79 Å². The van der Waals surface area contributed by atoms with Crippen molar-refractivity contribution in [2.75, 3.05) is 19.3 Å². The molecule has 4 atom stereocenters. The second-order valence-corrected chi connectivity index (χ2v) is 6.61. The minimum Gasteiger partial charge on any atom is -0.353 e. The normalized spacial score (nSPS) is 38.0. The fraction of sp³-hybridized carbons (Fsp3) is 0.923. The van der Waals surface area contributed by atoms with Gasteiger partial charge in [-0.05, 0) is 38.0 Å². The smallest absolute Gasteiger partial charge is 0.224 e. The first kappa shape index (κ1) is 13.2. The number of amides is 1. The molecule has 1 saturated heterocycles. The second kappa shape index (κ2) is 6.10. The molecular weight excluding hydrogens is 232 g/mol. The maximum Gasteiger partial charge on any atom is 0.224 e. The minimum atomic E-state index is 0.185. The van der Waals surface area contributed by atoms with Crippen LogP contribution in [0.15, 0.2) is 0 Å². The zero-order chi connectivity index (χ0) is 12.3. The van der Waals surface area contributed by atoms with E-state index < -0.39 is 0 Å². The molecule has 4 heteroatoms. The molecule has 1 aliphatic heterocycles. The van der Waals surface area contributed by atoms with Crippen molar-refractivity contribution in [3.05, 3.63) is 0 Å². The number of rotatable bonds is 3. The highest BCUT2D eigenvalue weighted by atomic mass is 32.2. The third kappa shape index (κ3) is 3.38. The van der Waals surface area contributed by atoms with Gasteiger partial charge in [-0.25, -0.2) is 0 Å². The van der Waals surface area contributed by atoms with Crippen LogP contribution in [-0.4, -0.2) is 36.5 Å². The molecule has 1 aliphatic carbocycles. The minimum absolute atomic E-state index is 0.185. The summed E-state index contributed by atoms with van der Waals surface area (Å²) < 4.78 is 0. The molecule has 2 rings (SSSR count). The Bertz CT molecular complexity index is 272. The van der Waals surface area contributed by atoms with Crippen molar-refractivity contribution in [2.24, 2.45) is 11.8 Å². The second-order valence-electron chi connectivity index (χ2n) is 5.47. The number of thioether (sulfide) groups is 1. The Morgan fingerprint density at radius 1 is 1.35 bits per heavy atom. The van der Waals surface area contributed by atoms with Crippen LogP contribution in [0.3, 0.4) is 0 Å². The van der Waals surface area contributed by atoms with E-state index in [1.807, 2.05) is 11.8 Å². The Morgan fingerprint density at radius 2 is 2.18 bits per heavy atom. The van der Waals surface area contributed by atoms with Gasteiger partial charge in [0.15, 0.2) is 0 Å². The van der Waals surface area contributed by atoms with Gasteiger partial charge in [0.05, 0.1) is 5.92 Å². The van der Waals surface area contributed by atoms with Crippen molar-refractivity contribution in [3.8, 4) is 0 Å². The first-order valence-electron chi connectivity index (χ1n) is 6.74. The van der Waals surface area contributed by atoms with E-state index in [2.05, 4.69) is 23.8 Å². The van der Waals surface area contributed by atoms with Gasteiger partial charge in [0.25, 0.3) is 0 Å². The molecule has 4 unspecified atom stereocenters.